The molecule has 3 aromatic rings. The molecule has 1 amide bonds. The summed E-state index contributed by atoms with van der Waals surface area (Å²) in [5.41, 5.74) is 2.81. The Morgan fingerprint density at radius 1 is 1.00 bits per heavy atom. The summed E-state index contributed by atoms with van der Waals surface area (Å²) >= 11 is 1.33. The number of aryl methyl sites for hydroxylation is 1. The molecule has 8 nitrogen and oxygen atoms in total. The molecule has 5 rings (SSSR count). The molecule has 0 spiro atoms. The fraction of sp³-hybridized carbons (Fsp3) is 0.200. The summed E-state index contributed by atoms with van der Waals surface area (Å²) in [4.78, 5) is 32.6. The summed E-state index contributed by atoms with van der Waals surface area (Å²) in [6.07, 6.45) is 1.64. The number of amides is 1. The van der Waals surface area contributed by atoms with Crippen molar-refractivity contribution in [2.45, 2.75) is 6.92 Å². The number of amidine groups is 1. The van der Waals surface area contributed by atoms with Gasteiger partial charge in [0.25, 0.3) is 11.6 Å². The van der Waals surface area contributed by atoms with E-state index in [-0.39, 0.29) is 11.6 Å². The SMILES string of the molecule is Cc1ccc(N2CCN(C3=NC(=O)/C(=C\c4ccc(-c5ccccc5[N+](=O)[O-])o4)S3)CC2)cc1. The van der Waals surface area contributed by atoms with Crippen LogP contribution in [-0.4, -0.2) is 47.1 Å². The number of benzene rings is 2. The van der Waals surface area contributed by atoms with Crippen molar-refractivity contribution >= 4 is 40.3 Å². The number of nitro benzene ring substituents is 1. The summed E-state index contributed by atoms with van der Waals surface area (Å²) in [5.74, 6) is 0.525. The van der Waals surface area contributed by atoms with Crippen LogP contribution in [0.5, 0.6) is 0 Å². The van der Waals surface area contributed by atoms with Gasteiger partial charge in [-0.15, -0.1) is 0 Å². The van der Waals surface area contributed by atoms with Crippen LogP contribution in [0.4, 0.5) is 11.4 Å². The van der Waals surface area contributed by atoms with Gasteiger partial charge in [-0.2, -0.15) is 4.99 Å². The molecule has 0 aliphatic carbocycles. The quantitative estimate of drug-likeness (QED) is 0.300. The highest BCUT2D eigenvalue weighted by Crippen LogP contribution is 2.34. The van der Waals surface area contributed by atoms with Crippen molar-refractivity contribution in [3.05, 3.63) is 87.0 Å². The summed E-state index contributed by atoms with van der Waals surface area (Å²) in [7, 11) is 0. The van der Waals surface area contributed by atoms with Crippen LogP contribution in [0.25, 0.3) is 17.4 Å². The van der Waals surface area contributed by atoms with Gasteiger partial charge in [0, 0.05) is 44.0 Å². The van der Waals surface area contributed by atoms with E-state index in [0.29, 0.717) is 27.2 Å². The lowest BCUT2D eigenvalue weighted by Gasteiger charge is -2.36. The molecule has 34 heavy (non-hydrogen) atoms. The smallest absolute Gasteiger partial charge is 0.286 e. The molecule has 1 aromatic heterocycles. The molecule has 0 radical (unpaired) electrons. The molecule has 1 saturated heterocycles. The summed E-state index contributed by atoms with van der Waals surface area (Å²) in [5, 5.41) is 12.0. The number of rotatable bonds is 4. The molecule has 0 saturated carbocycles. The van der Waals surface area contributed by atoms with E-state index in [2.05, 4.69) is 46.0 Å². The molecule has 2 aromatic carbocycles. The first kappa shape index (κ1) is 22.0. The minimum Gasteiger partial charge on any atom is -0.456 e. The van der Waals surface area contributed by atoms with Crippen LogP contribution in [0.2, 0.25) is 0 Å². The molecule has 172 valence electrons. The minimum atomic E-state index is -0.439. The Hall–Kier alpha value is -3.85. The van der Waals surface area contributed by atoms with Crippen molar-refractivity contribution in [3.8, 4) is 11.3 Å². The Morgan fingerprint density at radius 3 is 2.44 bits per heavy atom. The van der Waals surface area contributed by atoms with Crippen LogP contribution < -0.4 is 4.90 Å². The zero-order valence-corrected chi connectivity index (χ0v) is 19.3. The molecule has 2 aliphatic heterocycles. The van der Waals surface area contributed by atoms with E-state index in [1.807, 2.05) is 0 Å². The number of nitrogens with zero attached hydrogens (tertiary/aromatic N) is 4. The lowest BCUT2D eigenvalue weighted by Crippen LogP contribution is -2.47. The maximum atomic E-state index is 12.5. The average molecular weight is 475 g/mol. The van der Waals surface area contributed by atoms with Crippen molar-refractivity contribution in [3.63, 3.8) is 0 Å². The third-order valence-corrected chi connectivity index (χ3v) is 6.87. The highest BCUT2D eigenvalue weighted by atomic mass is 32.2. The number of para-hydroxylation sites is 1. The fourth-order valence-corrected chi connectivity index (χ4v) is 4.94. The zero-order valence-electron chi connectivity index (χ0n) is 18.5. The normalized spacial score (nSPS) is 17.4. The number of furan rings is 1. The highest BCUT2D eigenvalue weighted by molar-refractivity contribution is 8.18. The van der Waals surface area contributed by atoms with Gasteiger partial charge in [0.1, 0.15) is 11.5 Å². The van der Waals surface area contributed by atoms with Crippen molar-refractivity contribution < 1.29 is 14.1 Å². The first-order valence-corrected chi connectivity index (χ1v) is 11.7. The second-order valence-corrected chi connectivity index (χ2v) is 9.11. The molecule has 0 unspecified atom stereocenters. The predicted octanol–water partition coefficient (Wildman–Crippen LogP) is 4.96. The van der Waals surface area contributed by atoms with Crippen molar-refractivity contribution in [2.75, 3.05) is 31.1 Å². The van der Waals surface area contributed by atoms with Gasteiger partial charge < -0.3 is 14.2 Å². The molecular formula is C25H22N4O4S. The molecular weight excluding hydrogens is 452 g/mol. The number of hydrogen-bond acceptors (Lipinski definition) is 7. The van der Waals surface area contributed by atoms with Gasteiger partial charge in [0.15, 0.2) is 5.17 Å². The number of carbonyl (C=O) groups excluding carboxylic acids is 1. The summed E-state index contributed by atoms with van der Waals surface area (Å²) < 4.78 is 5.81. The Morgan fingerprint density at radius 2 is 1.71 bits per heavy atom. The average Bonchev–Trinajstić information content (AvgIpc) is 3.46. The molecule has 0 atom stereocenters. The lowest BCUT2D eigenvalue weighted by atomic mass is 10.1. The predicted molar refractivity (Wildman–Crippen MR) is 134 cm³/mol. The van der Waals surface area contributed by atoms with Crippen molar-refractivity contribution in [1.82, 2.24) is 4.90 Å². The minimum absolute atomic E-state index is 0.0298. The number of anilines is 1. The highest BCUT2D eigenvalue weighted by Gasteiger charge is 2.29. The van der Waals surface area contributed by atoms with E-state index in [4.69, 9.17) is 4.42 Å². The first-order chi connectivity index (χ1) is 16.5. The Kier molecular flexibility index (Phi) is 5.93. The number of nitro groups is 1. The van der Waals surface area contributed by atoms with E-state index in [1.54, 1.807) is 36.4 Å². The van der Waals surface area contributed by atoms with Crippen LogP contribution in [0.1, 0.15) is 11.3 Å². The number of aliphatic imine (C=N–C) groups is 1. The lowest BCUT2D eigenvalue weighted by molar-refractivity contribution is -0.384. The number of piperazine rings is 1. The Bertz CT molecular complexity index is 1300. The van der Waals surface area contributed by atoms with Gasteiger partial charge in [0.2, 0.25) is 0 Å². The zero-order chi connectivity index (χ0) is 23.7. The monoisotopic (exact) mass is 474 g/mol. The fourth-order valence-electron chi connectivity index (χ4n) is 3.99. The van der Waals surface area contributed by atoms with Gasteiger partial charge in [-0.3, -0.25) is 14.9 Å². The number of thioether (sulfide) groups is 1. The second kappa shape index (κ2) is 9.18. The van der Waals surface area contributed by atoms with Crippen LogP contribution in [-0.2, 0) is 4.79 Å². The number of hydrogen-bond donors (Lipinski definition) is 0. The van der Waals surface area contributed by atoms with E-state index in [9.17, 15) is 14.9 Å². The van der Waals surface area contributed by atoms with E-state index >= 15 is 0 Å². The summed E-state index contributed by atoms with van der Waals surface area (Å²) in [6.45, 7) is 5.35. The van der Waals surface area contributed by atoms with E-state index in [0.717, 1.165) is 26.2 Å². The van der Waals surface area contributed by atoms with Crippen LogP contribution in [0, 0.1) is 17.0 Å². The van der Waals surface area contributed by atoms with Gasteiger partial charge >= 0.3 is 0 Å². The molecule has 2 aliphatic rings. The Labute approximate surface area is 200 Å². The third kappa shape index (κ3) is 4.47. The molecule has 9 heteroatoms. The first-order valence-electron chi connectivity index (χ1n) is 10.9. The van der Waals surface area contributed by atoms with Crippen LogP contribution in [0.15, 0.2) is 75.0 Å². The Balaban J connectivity index is 1.25. The largest absolute Gasteiger partial charge is 0.456 e. The molecule has 1 fully saturated rings. The molecule has 0 bridgehead atoms. The summed E-state index contributed by atoms with van der Waals surface area (Å²) in [6, 6.07) is 18.3. The molecule has 3 heterocycles. The van der Waals surface area contributed by atoms with Gasteiger partial charge in [-0.25, -0.2) is 0 Å². The maximum absolute atomic E-state index is 12.5. The van der Waals surface area contributed by atoms with Crippen LogP contribution >= 0.6 is 11.8 Å². The van der Waals surface area contributed by atoms with Crippen LogP contribution in [0.3, 0.4) is 0 Å². The topological polar surface area (TPSA) is 92.2 Å². The van der Waals surface area contributed by atoms with Crippen molar-refractivity contribution in [2.24, 2.45) is 4.99 Å². The van der Waals surface area contributed by atoms with Crippen molar-refractivity contribution in [1.29, 1.82) is 0 Å². The standard InChI is InChI=1S/C25H22N4O4S/c1-17-6-8-18(9-7-17)27-12-14-28(15-13-27)25-26-24(30)23(34-25)16-19-10-11-22(33-19)20-4-2-3-5-21(20)29(31)32/h2-11,16H,12-15H2,1H3/b23-16+. The second-order valence-electron chi connectivity index (χ2n) is 8.10. The van der Waals surface area contributed by atoms with Gasteiger partial charge in [-0.1, -0.05) is 29.8 Å². The van der Waals surface area contributed by atoms with E-state index < -0.39 is 4.92 Å². The third-order valence-electron chi connectivity index (χ3n) is 5.82. The van der Waals surface area contributed by atoms with E-state index in [1.165, 1.54) is 29.1 Å². The van der Waals surface area contributed by atoms with Gasteiger partial charge in [0.05, 0.1) is 15.4 Å². The molecule has 0 N–H and O–H groups in total. The maximum Gasteiger partial charge on any atom is 0.286 e. The number of carbonyl (C=O) groups is 1. The van der Waals surface area contributed by atoms with Gasteiger partial charge in [-0.05, 0) is 49.0 Å².